The molecule has 1 saturated carbocycles. The highest BCUT2D eigenvalue weighted by molar-refractivity contribution is 6.39. The van der Waals surface area contributed by atoms with E-state index in [0.29, 0.717) is 5.56 Å². The molecule has 2 heterocycles. The van der Waals surface area contributed by atoms with Crippen LogP contribution in [0.15, 0.2) is 18.2 Å². The molecule has 0 atom stereocenters. The van der Waals surface area contributed by atoms with Crippen molar-refractivity contribution in [3.8, 4) is 5.88 Å². The summed E-state index contributed by atoms with van der Waals surface area (Å²) in [7, 11) is 0. The lowest BCUT2D eigenvalue weighted by molar-refractivity contribution is -0.128. The van der Waals surface area contributed by atoms with Crippen molar-refractivity contribution < 1.29 is 31.9 Å². The lowest BCUT2D eigenvalue weighted by Gasteiger charge is -2.23. The number of fused-ring (bicyclic) bond motifs is 1. The fraction of sp³-hybridized carbons (Fsp3) is 0.517. The minimum absolute atomic E-state index is 0.0344. The van der Waals surface area contributed by atoms with Gasteiger partial charge >= 0.3 is 0 Å². The number of imidazole rings is 1. The van der Waals surface area contributed by atoms with E-state index >= 15 is 0 Å². The van der Waals surface area contributed by atoms with Crippen molar-refractivity contribution in [3.05, 3.63) is 39.4 Å². The van der Waals surface area contributed by atoms with Gasteiger partial charge < -0.3 is 20.7 Å². The molecule has 1 aliphatic rings. The van der Waals surface area contributed by atoms with Gasteiger partial charge in [0.1, 0.15) is 11.1 Å². The van der Waals surface area contributed by atoms with Crippen molar-refractivity contribution in [1.82, 2.24) is 25.2 Å². The monoisotopic (exact) mass is 660 g/mol. The van der Waals surface area contributed by atoms with Crippen molar-refractivity contribution in [2.24, 2.45) is 5.41 Å². The van der Waals surface area contributed by atoms with E-state index in [-0.39, 0.29) is 56.9 Å². The second kappa shape index (κ2) is 14.2. The number of nitrogens with one attached hydrogen (secondary N) is 3. The van der Waals surface area contributed by atoms with Crippen LogP contribution in [0.4, 0.5) is 29.2 Å². The number of halogens is 6. The molecule has 2 aromatic heterocycles. The first kappa shape index (κ1) is 33.6. The molecule has 2 amide bonds. The molecule has 4 rings (SSSR count). The van der Waals surface area contributed by atoms with Crippen LogP contribution in [0.1, 0.15) is 68.8 Å². The van der Waals surface area contributed by atoms with Gasteiger partial charge in [-0.05, 0) is 30.5 Å². The maximum atomic E-state index is 13.8. The average molecular weight is 662 g/mol. The summed E-state index contributed by atoms with van der Waals surface area (Å²) in [5.41, 5.74) is -0.262. The zero-order valence-electron chi connectivity index (χ0n) is 24.5. The molecule has 0 bridgehead atoms. The second-order valence-electron chi connectivity index (χ2n) is 11.6. The maximum Gasteiger partial charge on any atom is 0.272 e. The van der Waals surface area contributed by atoms with Gasteiger partial charge in [-0.3, -0.25) is 14.2 Å². The summed E-state index contributed by atoms with van der Waals surface area (Å²) in [5, 5.41) is 8.82. The van der Waals surface area contributed by atoms with Crippen molar-refractivity contribution in [3.63, 3.8) is 0 Å². The third-order valence-electron chi connectivity index (χ3n) is 7.07. The summed E-state index contributed by atoms with van der Waals surface area (Å²) in [6.45, 7) is 3.41. The Morgan fingerprint density at radius 1 is 1.07 bits per heavy atom. The van der Waals surface area contributed by atoms with E-state index < -0.39 is 43.2 Å². The fourth-order valence-electron chi connectivity index (χ4n) is 4.76. The van der Waals surface area contributed by atoms with Gasteiger partial charge in [-0.15, -0.1) is 0 Å². The topological polar surface area (TPSA) is 110 Å². The van der Waals surface area contributed by atoms with Gasteiger partial charge in [-0.1, -0.05) is 69.3 Å². The van der Waals surface area contributed by atoms with E-state index in [1.54, 1.807) is 26.8 Å². The third kappa shape index (κ3) is 8.23. The quantitative estimate of drug-likeness (QED) is 0.189. The molecule has 3 aromatic rings. The number of carbonyl (C=O) groups excluding carboxylic acids is 2. The molecular formula is C29H34Cl2F4N6O3. The largest absolute Gasteiger partial charge is 0.471 e. The molecular weight excluding hydrogens is 627 g/mol. The zero-order valence-corrected chi connectivity index (χ0v) is 26.0. The number of nitrogens with zero attached hydrogens (tertiary/aromatic N) is 3. The molecule has 1 aliphatic carbocycles. The van der Waals surface area contributed by atoms with Gasteiger partial charge in [0.2, 0.25) is 17.7 Å². The predicted octanol–water partition coefficient (Wildman–Crippen LogP) is 7.12. The van der Waals surface area contributed by atoms with Gasteiger partial charge in [0.25, 0.3) is 18.8 Å². The van der Waals surface area contributed by atoms with Gasteiger partial charge in [-0.2, -0.15) is 4.98 Å². The van der Waals surface area contributed by atoms with E-state index in [1.807, 2.05) is 0 Å². The molecule has 44 heavy (non-hydrogen) atoms. The van der Waals surface area contributed by atoms with Crippen LogP contribution in [0.25, 0.3) is 11.2 Å². The van der Waals surface area contributed by atoms with Gasteiger partial charge in [-0.25, -0.2) is 22.5 Å². The number of pyridine rings is 1. The minimum Gasteiger partial charge on any atom is -0.471 e. The van der Waals surface area contributed by atoms with Gasteiger partial charge in [0.05, 0.1) is 22.3 Å². The Morgan fingerprint density at radius 3 is 2.41 bits per heavy atom. The van der Waals surface area contributed by atoms with Crippen molar-refractivity contribution in [2.45, 2.75) is 84.9 Å². The number of anilines is 2. The first-order chi connectivity index (χ1) is 20.7. The second-order valence-corrected chi connectivity index (χ2v) is 12.4. The number of hydrogen-bond acceptors (Lipinski definition) is 6. The summed E-state index contributed by atoms with van der Waals surface area (Å²) in [5.74, 6) is -1.38. The zero-order chi connectivity index (χ0) is 32.2. The molecule has 0 aliphatic heterocycles. The smallest absolute Gasteiger partial charge is 0.272 e. The van der Waals surface area contributed by atoms with Crippen molar-refractivity contribution >= 4 is 57.8 Å². The van der Waals surface area contributed by atoms with E-state index in [2.05, 4.69) is 25.9 Å². The molecule has 3 N–H and O–H groups in total. The molecule has 9 nitrogen and oxygen atoms in total. The summed E-state index contributed by atoms with van der Waals surface area (Å²) < 4.78 is 59.9. The first-order valence-corrected chi connectivity index (χ1v) is 14.9. The summed E-state index contributed by atoms with van der Waals surface area (Å²) in [4.78, 5) is 34.2. The molecule has 240 valence electrons. The van der Waals surface area contributed by atoms with E-state index in [1.165, 1.54) is 12.1 Å². The number of aromatic nitrogens is 3. The molecule has 0 saturated heterocycles. The average Bonchev–Trinajstić information content (AvgIpc) is 3.28. The van der Waals surface area contributed by atoms with Crippen LogP contribution in [-0.2, 0) is 17.9 Å². The van der Waals surface area contributed by atoms with Crippen LogP contribution in [0.2, 0.25) is 10.0 Å². The minimum atomic E-state index is -2.87. The Morgan fingerprint density at radius 2 is 1.77 bits per heavy atom. The van der Waals surface area contributed by atoms with Crippen LogP contribution in [0.5, 0.6) is 5.88 Å². The van der Waals surface area contributed by atoms with E-state index in [0.717, 1.165) is 36.7 Å². The molecule has 0 spiro atoms. The van der Waals surface area contributed by atoms with Crippen molar-refractivity contribution in [1.29, 1.82) is 0 Å². The normalized spacial score (nSPS) is 14.3. The van der Waals surface area contributed by atoms with Gasteiger partial charge in [0.15, 0.2) is 12.3 Å². The molecule has 0 unspecified atom stereocenters. The number of hydrogen-bond donors (Lipinski definition) is 3. The Bertz CT molecular complexity index is 1510. The number of alkyl halides is 4. The van der Waals surface area contributed by atoms with Crippen molar-refractivity contribution in [2.75, 3.05) is 11.9 Å². The lowest BCUT2D eigenvalue weighted by Crippen LogP contribution is -2.36. The van der Waals surface area contributed by atoms with E-state index in [4.69, 9.17) is 27.9 Å². The third-order valence-corrected chi connectivity index (χ3v) is 7.81. The number of ether oxygens (including phenoxy) is 1. The van der Waals surface area contributed by atoms with Gasteiger partial charge in [0, 0.05) is 18.0 Å². The highest BCUT2D eigenvalue weighted by Gasteiger charge is 2.26. The Kier molecular flexibility index (Phi) is 10.8. The van der Waals surface area contributed by atoms with Crippen LogP contribution >= 0.6 is 23.2 Å². The first-order valence-electron chi connectivity index (χ1n) is 14.2. The molecule has 15 heteroatoms. The standard InChI is InChI=1S/C29H34Cl2F4N6O3/c1-29(2,3)27(43)36-12-15-9-10-18(30)23(22(15)31)39-28-38-19-11-17(25(42)37-16-7-5-4-6-8-16)26(44-14-21(34)35)40-24(19)41(28)13-20(32)33/h9-11,16,20-21H,4-8,12-14H2,1-3H3,(H,36,43)(H,37,42)(H,38,39). The van der Waals surface area contributed by atoms with Crippen LogP contribution in [0, 0.1) is 5.41 Å². The van der Waals surface area contributed by atoms with Crippen LogP contribution in [-0.4, -0.2) is 51.8 Å². The number of benzene rings is 1. The highest BCUT2D eigenvalue weighted by atomic mass is 35.5. The Labute approximate surface area is 262 Å². The predicted molar refractivity (Wildman–Crippen MR) is 160 cm³/mol. The maximum absolute atomic E-state index is 13.8. The Hall–Kier alpha value is -3.32. The SMILES string of the molecule is CC(C)(C)C(=O)NCc1ccc(Cl)c(Nc2nc3cc(C(=O)NC4CCCCC4)c(OCC(F)F)nc3n2CC(F)F)c1Cl. The number of rotatable bonds is 11. The molecule has 1 fully saturated rings. The van der Waals surface area contributed by atoms with Crippen LogP contribution < -0.4 is 20.7 Å². The molecule has 1 aromatic carbocycles. The van der Waals surface area contributed by atoms with Crippen LogP contribution in [0.3, 0.4) is 0 Å². The summed E-state index contributed by atoms with van der Waals surface area (Å²) >= 11 is 13.1. The fourth-order valence-corrected chi connectivity index (χ4v) is 5.29. The number of amides is 2. The Balaban J connectivity index is 1.74. The number of carbonyl (C=O) groups is 2. The molecule has 0 radical (unpaired) electrons. The lowest BCUT2D eigenvalue weighted by atomic mass is 9.95. The highest BCUT2D eigenvalue weighted by Crippen LogP contribution is 2.37. The summed E-state index contributed by atoms with van der Waals surface area (Å²) in [6.07, 6.45) is -1.24. The summed E-state index contributed by atoms with van der Waals surface area (Å²) in [6, 6.07) is 4.31. The van der Waals surface area contributed by atoms with E-state index in [9.17, 15) is 27.2 Å².